The fraction of sp³-hybridized carbons (Fsp3) is 0.206. The Morgan fingerprint density at radius 1 is 1.00 bits per heavy atom. The van der Waals surface area contributed by atoms with Crippen LogP contribution in [-0.4, -0.2) is 32.4 Å². The first kappa shape index (κ1) is 27.5. The Morgan fingerprint density at radius 3 is 2.62 bits per heavy atom. The van der Waals surface area contributed by atoms with Crippen molar-refractivity contribution in [3.8, 4) is 22.8 Å². The van der Waals surface area contributed by atoms with E-state index in [1.807, 2.05) is 58.6 Å². The van der Waals surface area contributed by atoms with Crippen molar-refractivity contribution < 1.29 is 19.4 Å². The molecular weight excluding hydrogens is 546 g/mol. The Morgan fingerprint density at radius 2 is 1.81 bits per heavy atom. The van der Waals surface area contributed by atoms with Crippen LogP contribution in [0.25, 0.3) is 32.8 Å². The summed E-state index contributed by atoms with van der Waals surface area (Å²) in [6.45, 7) is 5.04. The molecule has 7 nitrogen and oxygen atoms in total. The van der Waals surface area contributed by atoms with Gasteiger partial charge in [0.05, 0.1) is 29.9 Å². The molecule has 212 valence electrons. The number of carboxylic acid groups (broad SMARTS) is 1. The summed E-state index contributed by atoms with van der Waals surface area (Å²) < 4.78 is 13.7. The SMILES string of the molecule is CCc1nccc(C)c1-c1cccc2c(CCCOc3cccc4ccccc34)c(OC(=O)O)n(Cc3cscn3)c12. The normalized spacial score (nSPS) is 11.3. The lowest BCUT2D eigenvalue weighted by atomic mass is 9.95. The lowest BCUT2D eigenvalue weighted by Crippen LogP contribution is -2.11. The monoisotopic (exact) mass is 577 g/mol. The molecule has 0 saturated carbocycles. The second kappa shape index (κ2) is 12.0. The molecule has 42 heavy (non-hydrogen) atoms. The summed E-state index contributed by atoms with van der Waals surface area (Å²) in [6.07, 6.45) is 2.51. The Bertz CT molecular complexity index is 1870. The van der Waals surface area contributed by atoms with Gasteiger partial charge in [0.1, 0.15) is 5.75 Å². The summed E-state index contributed by atoms with van der Waals surface area (Å²) >= 11 is 1.51. The summed E-state index contributed by atoms with van der Waals surface area (Å²) in [5, 5.41) is 14.9. The Labute approximate surface area is 248 Å². The van der Waals surface area contributed by atoms with Crippen LogP contribution in [0.2, 0.25) is 0 Å². The number of aromatic nitrogens is 3. The molecule has 0 radical (unpaired) electrons. The topological polar surface area (TPSA) is 86.5 Å². The predicted octanol–water partition coefficient (Wildman–Crippen LogP) is 8.30. The van der Waals surface area contributed by atoms with Crippen molar-refractivity contribution in [3.63, 3.8) is 0 Å². The van der Waals surface area contributed by atoms with Crippen molar-refractivity contribution >= 4 is 39.2 Å². The summed E-state index contributed by atoms with van der Waals surface area (Å²) in [4.78, 5) is 21.2. The van der Waals surface area contributed by atoms with E-state index in [2.05, 4.69) is 48.1 Å². The van der Waals surface area contributed by atoms with Gasteiger partial charge in [-0.15, -0.1) is 11.3 Å². The zero-order valence-corrected chi connectivity index (χ0v) is 24.4. The molecule has 0 aliphatic rings. The summed E-state index contributed by atoms with van der Waals surface area (Å²) in [6, 6.07) is 22.4. The first-order valence-electron chi connectivity index (χ1n) is 14.0. The fourth-order valence-electron chi connectivity index (χ4n) is 5.73. The van der Waals surface area contributed by atoms with Crippen LogP contribution in [-0.2, 0) is 19.4 Å². The lowest BCUT2D eigenvalue weighted by Gasteiger charge is -2.15. The van der Waals surface area contributed by atoms with E-state index < -0.39 is 6.16 Å². The van der Waals surface area contributed by atoms with E-state index in [0.29, 0.717) is 31.9 Å². The molecule has 0 spiro atoms. The van der Waals surface area contributed by atoms with Crippen molar-refractivity contribution in [3.05, 3.63) is 106 Å². The third kappa shape index (κ3) is 5.33. The number of hydrogen-bond acceptors (Lipinski definition) is 6. The first-order chi connectivity index (χ1) is 20.5. The zero-order chi connectivity index (χ0) is 29.1. The van der Waals surface area contributed by atoms with Gasteiger partial charge in [-0.2, -0.15) is 0 Å². The zero-order valence-electron chi connectivity index (χ0n) is 23.5. The smallest absolute Gasteiger partial charge is 0.493 e. The highest BCUT2D eigenvalue weighted by Gasteiger charge is 2.25. The molecule has 6 aromatic rings. The van der Waals surface area contributed by atoms with Crippen LogP contribution in [0.4, 0.5) is 4.79 Å². The Hall–Kier alpha value is -4.69. The van der Waals surface area contributed by atoms with Crippen molar-refractivity contribution in [1.29, 1.82) is 0 Å². The molecule has 0 atom stereocenters. The molecule has 0 amide bonds. The van der Waals surface area contributed by atoms with Crippen molar-refractivity contribution in [1.82, 2.24) is 14.5 Å². The largest absolute Gasteiger partial charge is 0.512 e. The molecular formula is C34H31N3O4S. The number of pyridine rings is 1. The Balaban J connectivity index is 1.43. The van der Waals surface area contributed by atoms with E-state index in [1.54, 1.807) is 5.51 Å². The van der Waals surface area contributed by atoms with E-state index in [9.17, 15) is 9.90 Å². The highest BCUT2D eigenvalue weighted by Crippen LogP contribution is 2.41. The van der Waals surface area contributed by atoms with Crippen LogP contribution >= 0.6 is 11.3 Å². The predicted molar refractivity (Wildman–Crippen MR) is 167 cm³/mol. The number of benzene rings is 3. The average Bonchev–Trinajstić information content (AvgIpc) is 3.61. The molecule has 0 fully saturated rings. The van der Waals surface area contributed by atoms with Crippen LogP contribution in [0, 0.1) is 6.92 Å². The van der Waals surface area contributed by atoms with Crippen LogP contribution in [0.3, 0.4) is 0 Å². The molecule has 1 N–H and O–H groups in total. The molecule has 8 heteroatoms. The van der Waals surface area contributed by atoms with E-state index in [0.717, 1.165) is 67.5 Å². The maximum absolute atomic E-state index is 12.0. The molecule has 3 heterocycles. The standard InChI is InChI=1S/C34H31N3O4S/c1-3-29-31(22(2)16-17-35-29)28-13-7-12-26-27(14-8-18-40-30-15-6-10-23-9-4-5-11-25(23)30)33(41-34(38)39)37(32(26)28)19-24-20-42-21-36-24/h4-7,9-13,15-17,20-21H,3,8,14,18-19H2,1-2H3,(H,38,39). The molecule has 6 rings (SSSR count). The third-order valence-corrected chi connectivity index (χ3v) is 8.18. The fourth-order valence-corrected chi connectivity index (χ4v) is 6.28. The van der Waals surface area contributed by atoms with Crippen LogP contribution in [0.5, 0.6) is 11.6 Å². The summed E-state index contributed by atoms with van der Waals surface area (Å²) in [7, 11) is 0. The number of hydrogen-bond donors (Lipinski definition) is 1. The second-order valence-electron chi connectivity index (χ2n) is 10.2. The number of carbonyl (C=O) groups is 1. The van der Waals surface area contributed by atoms with E-state index in [1.165, 1.54) is 11.3 Å². The average molecular weight is 578 g/mol. The molecule has 0 aliphatic heterocycles. The van der Waals surface area contributed by atoms with Gasteiger partial charge < -0.3 is 19.1 Å². The minimum Gasteiger partial charge on any atom is -0.493 e. The van der Waals surface area contributed by atoms with Gasteiger partial charge in [-0.1, -0.05) is 61.5 Å². The van der Waals surface area contributed by atoms with Gasteiger partial charge in [0.15, 0.2) is 0 Å². The summed E-state index contributed by atoms with van der Waals surface area (Å²) in [5.41, 5.74) is 8.55. The van der Waals surface area contributed by atoms with Crippen LogP contribution in [0.1, 0.15) is 35.9 Å². The number of para-hydroxylation sites is 1. The highest BCUT2D eigenvalue weighted by atomic mass is 32.1. The van der Waals surface area contributed by atoms with Crippen molar-refractivity contribution in [2.45, 2.75) is 39.7 Å². The van der Waals surface area contributed by atoms with E-state index >= 15 is 0 Å². The van der Waals surface area contributed by atoms with Gasteiger partial charge >= 0.3 is 6.16 Å². The molecule has 0 aliphatic carbocycles. The van der Waals surface area contributed by atoms with Crippen LogP contribution in [0.15, 0.2) is 83.8 Å². The minimum atomic E-state index is -1.35. The number of nitrogens with zero attached hydrogens (tertiary/aromatic N) is 3. The second-order valence-corrected chi connectivity index (χ2v) is 10.9. The molecule has 0 unspecified atom stereocenters. The number of fused-ring (bicyclic) bond motifs is 2. The maximum atomic E-state index is 12.0. The van der Waals surface area contributed by atoms with Gasteiger partial charge in [0.2, 0.25) is 5.88 Å². The number of ether oxygens (including phenoxy) is 2. The molecule has 0 bridgehead atoms. The lowest BCUT2D eigenvalue weighted by molar-refractivity contribution is 0.140. The van der Waals surface area contributed by atoms with Crippen molar-refractivity contribution in [2.75, 3.05) is 6.61 Å². The van der Waals surface area contributed by atoms with Gasteiger partial charge in [-0.25, -0.2) is 9.78 Å². The first-order valence-corrected chi connectivity index (χ1v) is 15.0. The van der Waals surface area contributed by atoms with Gasteiger partial charge in [-0.05, 0) is 49.3 Å². The van der Waals surface area contributed by atoms with Crippen molar-refractivity contribution in [2.24, 2.45) is 0 Å². The highest BCUT2D eigenvalue weighted by molar-refractivity contribution is 7.07. The Kier molecular flexibility index (Phi) is 7.88. The number of thiazole rings is 1. The van der Waals surface area contributed by atoms with E-state index in [4.69, 9.17) is 9.47 Å². The maximum Gasteiger partial charge on any atom is 0.512 e. The third-order valence-electron chi connectivity index (χ3n) is 7.54. The number of aryl methyl sites for hydroxylation is 3. The molecule has 3 aromatic carbocycles. The minimum absolute atomic E-state index is 0.322. The van der Waals surface area contributed by atoms with Gasteiger partial charge in [0.25, 0.3) is 0 Å². The quantitative estimate of drug-likeness (QED) is 0.130. The van der Waals surface area contributed by atoms with Gasteiger partial charge in [0, 0.05) is 44.7 Å². The molecule has 0 saturated heterocycles. The number of rotatable bonds is 10. The van der Waals surface area contributed by atoms with Gasteiger partial charge in [-0.3, -0.25) is 4.98 Å². The summed E-state index contributed by atoms with van der Waals surface area (Å²) in [5.74, 6) is 1.16. The van der Waals surface area contributed by atoms with Crippen LogP contribution < -0.4 is 9.47 Å². The van der Waals surface area contributed by atoms with E-state index in [-0.39, 0.29) is 0 Å². The molecule has 3 aromatic heterocycles.